The van der Waals surface area contributed by atoms with Crippen molar-refractivity contribution in [3.8, 4) is 0 Å². The number of imide groups is 1. The van der Waals surface area contributed by atoms with Crippen LogP contribution in [0.2, 0.25) is 18.1 Å². The lowest BCUT2D eigenvalue weighted by atomic mass is 10.1. The molecule has 1 aromatic heterocycles. The molecule has 2 rings (SSSR count). The van der Waals surface area contributed by atoms with Crippen molar-refractivity contribution in [1.29, 1.82) is 0 Å². The summed E-state index contributed by atoms with van der Waals surface area (Å²) in [5.74, 6) is -1.48. The Morgan fingerprint density at radius 3 is 1.73 bits per heavy atom. The molecule has 44 heavy (non-hydrogen) atoms. The number of anilines is 3. The maximum absolute atomic E-state index is 13.5. The zero-order chi connectivity index (χ0) is 34.2. The normalized spacial score (nSPS) is 16.5. The molecule has 2 N–H and O–H groups in total. The zero-order valence-corrected chi connectivity index (χ0v) is 30.0. The number of ether oxygens (including phenoxy) is 3. The highest BCUT2D eigenvalue weighted by Crippen LogP contribution is 2.38. The number of nitrogens with one attached hydrogen (secondary N) is 2. The fourth-order valence-electron chi connectivity index (χ4n) is 3.70. The van der Waals surface area contributed by atoms with Crippen molar-refractivity contribution in [2.24, 2.45) is 0 Å². The van der Waals surface area contributed by atoms with Gasteiger partial charge in [0.25, 0.3) is 0 Å². The highest BCUT2D eigenvalue weighted by molar-refractivity contribution is 6.74. The van der Waals surface area contributed by atoms with E-state index in [1.165, 1.54) is 0 Å². The number of rotatable bonds is 6. The van der Waals surface area contributed by atoms with Crippen LogP contribution in [0.1, 0.15) is 100 Å². The van der Waals surface area contributed by atoms with Crippen LogP contribution in [0.4, 0.5) is 27.0 Å². The molecule has 1 unspecified atom stereocenters. The average Bonchev–Trinajstić information content (AvgIpc) is 2.78. The van der Waals surface area contributed by atoms with E-state index in [4.69, 9.17) is 18.6 Å². The van der Waals surface area contributed by atoms with Crippen LogP contribution in [0.15, 0.2) is 0 Å². The summed E-state index contributed by atoms with van der Waals surface area (Å²) in [4.78, 5) is 62.8. The molecule has 0 saturated carbocycles. The number of Topliss-reactive ketones (excluding diaryl/α,β-unsaturated/α-hetero) is 1. The first-order valence-corrected chi connectivity index (χ1v) is 17.7. The van der Waals surface area contributed by atoms with Gasteiger partial charge < -0.3 is 29.3 Å². The van der Waals surface area contributed by atoms with Gasteiger partial charge in [0, 0.05) is 6.54 Å². The Bertz CT molecular complexity index is 1240. The van der Waals surface area contributed by atoms with E-state index >= 15 is 0 Å². The maximum Gasteiger partial charge on any atom is 0.427 e. The molecule has 1 aromatic rings. The zero-order valence-electron chi connectivity index (χ0n) is 29.0. The third-order valence-electron chi connectivity index (χ3n) is 6.66. The van der Waals surface area contributed by atoms with Gasteiger partial charge in [0.1, 0.15) is 34.6 Å². The summed E-state index contributed by atoms with van der Waals surface area (Å²) >= 11 is 0. The molecule has 0 radical (unpaired) electrons. The number of ketones is 1. The second kappa shape index (κ2) is 12.6. The van der Waals surface area contributed by atoms with Crippen molar-refractivity contribution in [3.63, 3.8) is 0 Å². The number of nitrogens with zero attached hydrogens (tertiary/aromatic N) is 3. The van der Waals surface area contributed by atoms with Gasteiger partial charge in [-0.05, 0) is 87.4 Å². The Labute approximate surface area is 262 Å². The van der Waals surface area contributed by atoms with Crippen molar-refractivity contribution in [2.45, 2.75) is 137 Å². The SMILES string of the molecule is C[C@H](O[Si](C)(C)C(C)(C)C)C(=O)C1CNc2nc(N(C(=O)OC(C)(C)C)C(=O)OC(C)(C)C)nc(C(=O)OC(C)(C)C)c2N1. The summed E-state index contributed by atoms with van der Waals surface area (Å²) < 4.78 is 22.8. The summed E-state index contributed by atoms with van der Waals surface area (Å²) in [6.45, 7) is 27.1. The van der Waals surface area contributed by atoms with Crippen LogP contribution in [0.3, 0.4) is 0 Å². The lowest BCUT2D eigenvalue weighted by molar-refractivity contribution is -0.126. The summed E-state index contributed by atoms with van der Waals surface area (Å²) in [6, 6.07) is -0.800. The van der Waals surface area contributed by atoms with Gasteiger partial charge in [0.2, 0.25) is 5.95 Å². The fraction of sp³-hybridized carbons (Fsp3) is 0.733. The van der Waals surface area contributed by atoms with Gasteiger partial charge in [-0.15, -0.1) is 4.90 Å². The lowest BCUT2D eigenvalue weighted by Crippen LogP contribution is -2.50. The van der Waals surface area contributed by atoms with Crippen LogP contribution < -0.4 is 15.5 Å². The number of esters is 1. The van der Waals surface area contributed by atoms with Crippen LogP contribution in [-0.4, -0.2) is 77.7 Å². The highest BCUT2D eigenvalue weighted by atomic mass is 28.4. The first-order chi connectivity index (χ1) is 19.6. The number of carbonyl (C=O) groups excluding carboxylic acids is 4. The summed E-state index contributed by atoms with van der Waals surface area (Å²) in [7, 11) is -2.26. The molecule has 0 saturated heterocycles. The molecule has 1 aliphatic rings. The van der Waals surface area contributed by atoms with Crippen molar-refractivity contribution in [2.75, 3.05) is 22.1 Å². The molecule has 2 amide bonds. The molecule has 0 bridgehead atoms. The minimum absolute atomic E-state index is 0.0787. The van der Waals surface area contributed by atoms with Gasteiger partial charge in [-0.1, -0.05) is 20.8 Å². The Kier molecular flexibility index (Phi) is 10.6. The summed E-state index contributed by atoms with van der Waals surface area (Å²) in [5, 5.41) is 6.03. The molecular weight excluding hydrogens is 586 g/mol. The van der Waals surface area contributed by atoms with Gasteiger partial charge in [-0.2, -0.15) is 4.98 Å². The van der Waals surface area contributed by atoms with Crippen molar-refractivity contribution >= 4 is 49.7 Å². The van der Waals surface area contributed by atoms with Gasteiger partial charge >= 0.3 is 18.2 Å². The second-order valence-electron chi connectivity index (χ2n) is 15.4. The smallest absolute Gasteiger partial charge is 0.427 e. The summed E-state index contributed by atoms with van der Waals surface area (Å²) in [6.07, 6.45) is -2.93. The van der Waals surface area contributed by atoms with Gasteiger partial charge in [0.05, 0.1) is 0 Å². The molecule has 14 heteroatoms. The largest absolute Gasteiger partial charge is 0.455 e. The quantitative estimate of drug-likeness (QED) is 0.204. The minimum atomic E-state index is -2.26. The van der Waals surface area contributed by atoms with Crippen molar-refractivity contribution in [1.82, 2.24) is 9.97 Å². The van der Waals surface area contributed by atoms with Crippen molar-refractivity contribution in [3.05, 3.63) is 5.69 Å². The van der Waals surface area contributed by atoms with Crippen LogP contribution >= 0.6 is 0 Å². The molecule has 0 aromatic carbocycles. The number of amides is 2. The van der Waals surface area contributed by atoms with Crippen LogP contribution in [0.25, 0.3) is 0 Å². The Morgan fingerprint density at radius 1 is 0.818 bits per heavy atom. The molecule has 2 heterocycles. The molecule has 0 spiro atoms. The van der Waals surface area contributed by atoms with E-state index in [1.807, 2.05) is 0 Å². The topological polar surface area (TPSA) is 158 Å². The van der Waals surface area contributed by atoms with E-state index < -0.39 is 61.4 Å². The first-order valence-electron chi connectivity index (χ1n) is 14.8. The fourth-order valence-corrected chi connectivity index (χ4v) is 5.05. The third-order valence-corrected chi connectivity index (χ3v) is 11.2. The summed E-state index contributed by atoms with van der Waals surface area (Å²) in [5.41, 5.74) is -3.07. The lowest BCUT2D eigenvalue weighted by Gasteiger charge is -2.39. The monoisotopic (exact) mass is 637 g/mol. The Morgan fingerprint density at radius 2 is 1.30 bits per heavy atom. The number of aromatic nitrogens is 2. The minimum Gasteiger partial charge on any atom is -0.455 e. The standard InChI is InChI=1S/C30H51N5O8Si/c1-17(43-44(14,15)30(11,12)13)21(36)18-16-31-22-19(32-18)20(23(37)40-27(2,3)4)33-24(34-22)35(25(38)41-28(5,6)7)26(39)42-29(8,9)10/h17-18,32H,16H2,1-15H3,(H,31,33,34)/t17-,18?/m0/s1. The van der Waals surface area contributed by atoms with Gasteiger partial charge in [0.15, 0.2) is 25.6 Å². The average molecular weight is 638 g/mol. The van der Waals surface area contributed by atoms with E-state index in [-0.39, 0.29) is 34.6 Å². The number of fused-ring (bicyclic) bond motifs is 1. The predicted molar refractivity (Wildman–Crippen MR) is 171 cm³/mol. The van der Waals surface area contributed by atoms with Crippen LogP contribution in [0.5, 0.6) is 0 Å². The van der Waals surface area contributed by atoms with E-state index in [9.17, 15) is 19.2 Å². The van der Waals surface area contributed by atoms with Gasteiger partial charge in [-0.25, -0.2) is 19.4 Å². The number of carbonyl (C=O) groups is 4. The molecule has 2 atom stereocenters. The van der Waals surface area contributed by atoms with E-state index in [0.29, 0.717) is 4.90 Å². The van der Waals surface area contributed by atoms with Crippen molar-refractivity contribution < 1.29 is 37.8 Å². The Hall–Kier alpha value is -3.26. The number of hydrogen-bond donors (Lipinski definition) is 2. The van der Waals surface area contributed by atoms with E-state index in [2.05, 4.69) is 54.5 Å². The molecule has 248 valence electrons. The highest BCUT2D eigenvalue weighted by Gasteiger charge is 2.42. The van der Waals surface area contributed by atoms with Crippen LogP contribution in [-0.2, 0) is 23.4 Å². The van der Waals surface area contributed by atoms with E-state index in [1.54, 1.807) is 69.2 Å². The second-order valence-corrected chi connectivity index (χ2v) is 20.2. The molecular formula is C30H51N5O8Si. The molecule has 13 nitrogen and oxygen atoms in total. The first kappa shape index (κ1) is 36.9. The molecule has 1 aliphatic heterocycles. The molecule has 0 aliphatic carbocycles. The molecule has 0 fully saturated rings. The van der Waals surface area contributed by atoms with Gasteiger partial charge in [-0.3, -0.25) is 4.79 Å². The Balaban J connectivity index is 2.62. The van der Waals surface area contributed by atoms with E-state index in [0.717, 1.165) is 0 Å². The number of hydrogen-bond acceptors (Lipinski definition) is 12. The predicted octanol–water partition coefficient (Wildman–Crippen LogP) is 6.29. The maximum atomic E-state index is 13.5. The third kappa shape index (κ3) is 9.88. The van der Waals surface area contributed by atoms with Crippen LogP contribution in [0, 0.1) is 0 Å².